The zero-order valence-electron chi connectivity index (χ0n) is 15.8. The minimum absolute atomic E-state index is 0.175. The van der Waals surface area contributed by atoms with E-state index < -0.39 is 0 Å². The van der Waals surface area contributed by atoms with Gasteiger partial charge in [-0.2, -0.15) is 0 Å². The van der Waals surface area contributed by atoms with Crippen LogP contribution in [0.15, 0.2) is 35.4 Å². The van der Waals surface area contributed by atoms with Crippen LogP contribution in [0.1, 0.15) is 23.3 Å². The van der Waals surface area contributed by atoms with E-state index >= 15 is 0 Å². The fourth-order valence-corrected chi connectivity index (χ4v) is 5.04. The molecule has 29 heavy (non-hydrogen) atoms. The van der Waals surface area contributed by atoms with Crippen LogP contribution in [-0.4, -0.2) is 32.2 Å². The van der Waals surface area contributed by atoms with Gasteiger partial charge < -0.3 is 10.1 Å². The Morgan fingerprint density at radius 2 is 2.17 bits per heavy atom. The number of nitrogens with zero attached hydrogens (tertiary/aromatic N) is 4. The van der Waals surface area contributed by atoms with Crippen molar-refractivity contribution in [2.75, 3.05) is 12.4 Å². The molecule has 0 radical (unpaired) electrons. The first-order chi connectivity index (χ1) is 14.1. The molecule has 148 valence electrons. The summed E-state index contributed by atoms with van der Waals surface area (Å²) in [6.07, 6.45) is 5.85. The molecule has 3 aromatic heterocycles. The Morgan fingerprint density at radius 3 is 3.03 bits per heavy atom. The van der Waals surface area contributed by atoms with Gasteiger partial charge in [-0.3, -0.25) is 4.79 Å². The van der Waals surface area contributed by atoms with Gasteiger partial charge in [-0.1, -0.05) is 6.07 Å². The summed E-state index contributed by atoms with van der Waals surface area (Å²) in [5.74, 6) is 0.309. The molecule has 0 saturated heterocycles. The number of hydrogen-bond acceptors (Lipinski definition) is 6. The Morgan fingerprint density at radius 1 is 1.31 bits per heavy atom. The fraction of sp³-hybridized carbons (Fsp3) is 0.300. The minimum Gasteiger partial charge on any atom is -0.497 e. The molecule has 9 heteroatoms. The standard InChI is InChI=1S/C20H19N5O3S/c1-28-13-6-4-5-12(9-13)22-16(26)10-25-20(27)24-11-21-19-17(18(24)23-25)14-7-2-3-8-15(14)29-19/h4-6,9,11H,2-3,7-8,10H2,1H3,(H,22,26). The van der Waals surface area contributed by atoms with Gasteiger partial charge in [-0.25, -0.2) is 18.9 Å². The van der Waals surface area contributed by atoms with E-state index in [9.17, 15) is 9.59 Å². The second kappa shape index (κ2) is 7.00. The van der Waals surface area contributed by atoms with Crippen LogP contribution in [0.5, 0.6) is 5.75 Å². The molecule has 0 saturated carbocycles. The number of anilines is 1. The maximum Gasteiger partial charge on any atom is 0.352 e. The average Bonchev–Trinajstić information content (AvgIpc) is 3.26. The number of carbonyl (C=O) groups is 1. The molecule has 0 bridgehead atoms. The molecule has 0 atom stereocenters. The van der Waals surface area contributed by atoms with Gasteiger partial charge in [0, 0.05) is 16.6 Å². The molecule has 1 aliphatic rings. The van der Waals surface area contributed by atoms with Gasteiger partial charge in [0.05, 0.1) is 12.5 Å². The van der Waals surface area contributed by atoms with Crippen molar-refractivity contribution in [2.45, 2.75) is 32.2 Å². The lowest BCUT2D eigenvalue weighted by atomic mass is 9.97. The third kappa shape index (κ3) is 3.07. The number of amides is 1. The number of aromatic nitrogens is 4. The lowest BCUT2D eigenvalue weighted by molar-refractivity contribution is -0.117. The van der Waals surface area contributed by atoms with Crippen molar-refractivity contribution >= 4 is 38.8 Å². The second-order valence-corrected chi connectivity index (χ2v) is 8.13. The highest BCUT2D eigenvalue weighted by Crippen LogP contribution is 2.36. The van der Waals surface area contributed by atoms with Crippen molar-refractivity contribution in [3.8, 4) is 5.75 Å². The molecular weight excluding hydrogens is 390 g/mol. The number of ether oxygens (including phenoxy) is 1. The molecule has 1 aliphatic carbocycles. The van der Waals surface area contributed by atoms with E-state index in [2.05, 4.69) is 15.4 Å². The third-order valence-corrected chi connectivity index (χ3v) is 6.38. The number of methoxy groups -OCH3 is 1. The lowest BCUT2D eigenvalue weighted by Crippen LogP contribution is -2.28. The highest BCUT2D eigenvalue weighted by atomic mass is 32.1. The topological polar surface area (TPSA) is 90.5 Å². The number of rotatable bonds is 4. The molecule has 1 N–H and O–H groups in total. The first-order valence-corrected chi connectivity index (χ1v) is 10.3. The monoisotopic (exact) mass is 409 g/mol. The van der Waals surface area contributed by atoms with Crippen molar-refractivity contribution in [3.63, 3.8) is 0 Å². The molecule has 5 rings (SSSR count). The Hall–Kier alpha value is -3.20. The molecule has 4 aromatic rings. The number of fused-ring (bicyclic) bond motifs is 5. The molecule has 1 amide bonds. The van der Waals surface area contributed by atoms with Crippen LogP contribution in [-0.2, 0) is 24.2 Å². The van der Waals surface area contributed by atoms with Gasteiger partial charge in [-0.05, 0) is 43.4 Å². The smallest absolute Gasteiger partial charge is 0.352 e. The minimum atomic E-state index is -0.369. The quantitative estimate of drug-likeness (QED) is 0.560. The zero-order valence-corrected chi connectivity index (χ0v) is 16.7. The largest absolute Gasteiger partial charge is 0.497 e. The van der Waals surface area contributed by atoms with Crippen LogP contribution in [0.3, 0.4) is 0 Å². The Bertz CT molecular complexity index is 1300. The van der Waals surface area contributed by atoms with Crippen molar-refractivity contribution in [2.24, 2.45) is 0 Å². The van der Waals surface area contributed by atoms with Crippen LogP contribution >= 0.6 is 11.3 Å². The fourth-order valence-electron chi connectivity index (χ4n) is 3.82. The number of nitrogens with one attached hydrogen (secondary N) is 1. The van der Waals surface area contributed by atoms with Gasteiger partial charge in [0.25, 0.3) is 0 Å². The van der Waals surface area contributed by atoms with Crippen LogP contribution in [0.4, 0.5) is 5.69 Å². The van der Waals surface area contributed by atoms with E-state index in [0.717, 1.165) is 29.5 Å². The van der Waals surface area contributed by atoms with Crippen LogP contribution in [0, 0.1) is 0 Å². The van der Waals surface area contributed by atoms with Gasteiger partial charge in [-0.15, -0.1) is 16.4 Å². The van der Waals surface area contributed by atoms with Crippen LogP contribution in [0.2, 0.25) is 0 Å². The van der Waals surface area contributed by atoms with E-state index in [1.54, 1.807) is 42.7 Å². The van der Waals surface area contributed by atoms with Crippen molar-refractivity contribution < 1.29 is 9.53 Å². The Balaban J connectivity index is 1.49. The number of thiophene rings is 1. The summed E-state index contributed by atoms with van der Waals surface area (Å²) >= 11 is 1.68. The van der Waals surface area contributed by atoms with Gasteiger partial charge >= 0.3 is 5.69 Å². The van der Waals surface area contributed by atoms with Crippen LogP contribution in [0.25, 0.3) is 15.9 Å². The molecule has 0 aliphatic heterocycles. The number of aryl methyl sites for hydroxylation is 2. The van der Waals surface area contributed by atoms with Crippen molar-refractivity contribution in [1.29, 1.82) is 0 Å². The highest BCUT2D eigenvalue weighted by Gasteiger charge is 2.22. The average molecular weight is 409 g/mol. The third-order valence-electron chi connectivity index (χ3n) is 5.18. The normalized spacial score (nSPS) is 13.6. The summed E-state index contributed by atoms with van der Waals surface area (Å²) in [5.41, 5.74) is 2.06. The van der Waals surface area contributed by atoms with E-state index in [0.29, 0.717) is 17.1 Å². The molecular formula is C20H19N5O3S. The molecule has 0 unspecified atom stereocenters. The summed E-state index contributed by atoms with van der Waals surface area (Å²) in [5, 5.41) is 8.22. The molecule has 3 heterocycles. The Kier molecular flexibility index (Phi) is 4.31. The predicted octanol–water partition coefficient (Wildman–Crippen LogP) is 2.63. The van der Waals surface area contributed by atoms with E-state index in [-0.39, 0.29) is 18.1 Å². The summed E-state index contributed by atoms with van der Waals surface area (Å²) in [4.78, 5) is 32.0. The molecule has 0 spiro atoms. The summed E-state index contributed by atoms with van der Waals surface area (Å²) in [6.45, 7) is -0.175. The first kappa shape index (κ1) is 17.9. The van der Waals surface area contributed by atoms with E-state index in [1.807, 2.05) is 0 Å². The number of benzene rings is 1. The van der Waals surface area contributed by atoms with Gasteiger partial charge in [0.15, 0.2) is 5.65 Å². The Labute approximate surface area is 169 Å². The van der Waals surface area contributed by atoms with Gasteiger partial charge in [0.2, 0.25) is 5.91 Å². The van der Waals surface area contributed by atoms with Crippen molar-refractivity contribution in [1.82, 2.24) is 19.2 Å². The second-order valence-electron chi connectivity index (χ2n) is 7.05. The summed E-state index contributed by atoms with van der Waals surface area (Å²) < 4.78 is 7.79. The van der Waals surface area contributed by atoms with E-state index in [4.69, 9.17) is 4.74 Å². The van der Waals surface area contributed by atoms with Crippen LogP contribution < -0.4 is 15.7 Å². The summed E-state index contributed by atoms with van der Waals surface area (Å²) in [7, 11) is 1.56. The summed E-state index contributed by atoms with van der Waals surface area (Å²) in [6, 6.07) is 7.06. The molecule has 1 aromatic carbocycles. The molecule has 0 fully saturated rings. The first-order valence-electron chi connectivity index (χ1n) is 9.46. The predicted molar refractivity (Wildman–Crippen MR) is 111 cm³/mol. The van der Waals surface area contributed by atoms with Gasteiger partial charge in [0.1, 0.15) is 23.5 Å². The number of hydrogen-bond donors (Lipinski definition) is 1. The SMILES string of the molecule is COc1cccc(NC(=O)Cn2nc3c4c5c(sc4ncn3c2=O)CCCC5)c1. The maximum absolute atomic E-state index is 12.8. The maximum atomic E-state index is 12.8. The van der Waals surface area contributed by atoms with Crippen molar-refractivity contribution in [3.05, 3.63) is 51.5 Å². The lowest BCUT2D eigenvalue weighted by Gasteiger charge is -2.09. The molecule has 8 nitrogen and oxygen atoms in total. The zero-order chi connectivity index (χ0) is 20.0. The highest BCUT2D eigenvalue weighted by molar-refractivity contribution is 7.19. The van der Waals surface area contributed by atoms with E-state index in [1.165, 1.54) is 32.3 Å². The number of carbonyl (C=O) groups excluding carboxylic acids is 1.